The van der Waals surface area contributed by atoms with Crippen molar-refractivity contribution < 1.29 is 30.0 Å². The Labute approximate surface area is 361 Å². The minimum atomic E-state index is -2.37. The number of hydrogen-bond acceptors (Lipinski definition) is 4. The summed E-state index contributed by atoms with van der Waals surface area (Å²) in [6.45, 7) is 22.1. The van der Waals surface area contributed by atoms with Crippen LogP contribution in [0.25, 0.3) is 32.1 Å². The Bertz CT molecular complexity index is 2200. The number of fused-ring (bicyclic) bond motifs is 2. The fraction of sp³-hybridized carbons (Fsp3) is 0.373. The third-order valence-electron chi connectivity index (χ3n) is 11.1. The molecule has 0 saturated heterocycles. The number of pyridine rings is 1. The van der Waals surface area contributed by atoms with Gasteiger partial charge in [-0.25, -0.2) is 0 Å². The van der Waals surface area contributed by atoms with Gasteiger partial charge in [0.25, 0.3) is 0 Å². The van der Waals surface area contributed by atoms with E-state index < -0.39 is 8.07 Å². The van der Waals surface area contributed by atoms with E-state index in [9.17, 15) is 9.90 Å². The van der Waals surface area contributed by atoms with Crippen LogP contribution in [0.2, 0.25) is 6.04 Å². The van der Waals surface area contributed by atoms with E-state index in [1.54, 1.807) is 0 Å². The number of aromatic nitrogens is 1. The van der Waals surface area contributed by atoms with Gasteiger partial charge in [0, 0.05) is 59.1 Å². The van der Waals surface area contributed by atoms with Crippen LogP contribution in [0.1, 0.15) is 100 Å². The van der Waals surface area contributed by atoms with Crippen LogP contribution < -0.4 is 14.9 Å². The van der Waals surface area contributed by atoms with Crippen molar-refractivity contribution in [1.82, 2.24) is 4.98 Å². The third-order valence-corrected chi connectivity index (χ3v) is 18.6. The van der Waals surface area contributed by atoms with Gasteiger partial charge in [-0.05, 0) is 70.4 Å². The molecule has 57 heavy (non-hydrogen) atoms. The predicted molar refractivity (Wildman–Crippen MR) is 246 cm³/mol. The standard InChI is InChI=1S/C38H38NSSi.C13H24O2.Ir/c1-37(2,3)26-41(30-16-9-7-10-17-30,31-18-11-8-12-19-31)34-25-28-21-22-39-35(36(28)40-34)29-23-27-15-13-14-20-32(27)33(24-29)38(4,5)6;1-5-10(6-2)12(14)9-13(15)11(7-3)8-4;/h7-22,24-25H,26H2,1-6H3;9-11,14H,5-8H2,1-4H3;/q-1;;/b;12-9-;. The zero-order valence-corrected chi connectivity index (χ0v) is 39.9. The van der Waals surface area contributed by atoms with Gasteiger partial charge in [-0.3, -0.25) is 9.78 Å². The molecule has 6 heteroatoms. The molecule has 0 aliphatic carbocycles. The summed E-state index contributed by atoms with van der Waals surface area (Å²) in [5.41, 5.74) is 3.61. The molecule has 1 N–H and O–H groups in total. The van der Waals surface area contributed by atoms with Gasteiger partial charge in [0.2, 0.25) is 0 Å². The number of rotatable bonds is 12. The molecule has 0 saturated carbocycles. The molecule has 6 aromatic rings. The Morgan fingerprint density at radius 3 is 1.84 bits per heavy atom. The van der Waals surface area contributed by atoms with Crippen LogP contribution in [0, 0.1) is 23.3 Å². The van der Waals surface area contributed by atoms with Crippen molar-refractivity contribution in [2.75, 3.05) is 0 Å². The number of benzene rings is 4. The van der Waals surface area contributed by atoms with Crippen LogP contribution in [-0.2, 0) is 30.3 Å². The zero-order valence-electron chi connectivity index (χ0n) is 35.7. The van der Waals surface area contributed by atoms with E-state index in [1.807, 2.05) is 45.2 Å². The molecule has 1 radical (unpaired) electrons. The topological polar surface area (TPSA) is 50.2 Å². The molecule has 2 aromatic heterocycles. The van der Waals surface area contributed by atoms with E-state index in [2.05, 4.69) is 151 Å². The van der Waals surface area contributed by atoms with Crippen molar-refractivity contribution >= 4 is 60.9 Å². The van der Waals surface area contributed by atoms with Crippen LogP contribution in [0.5, 0.6) is 0 Å². The Balaban J connectivity index is 0.000000385. The van der Waals surface area contributed by atoms with Gasteiger partial charge < -0.3 is 5.11 Å². The molecule has 0 aliphatic heterocycles. The molecule has 303 valence electrons. The second kappa shape index (κ2) is 19.9. The Hall–Kier alpha value is -3.67. The summed E-state index contributed by atoms with van der Waals surface area (Å²) < 4.78 is 2.75. The number of hydrogen-bond donors (Lipinski definition) is 1. The molecule has 0 aliphatic rings. The first-order chi connectivity index (χ1) is 26.7. The largest absolute Gasteiger partial charge is 0.512 e. The van der Waals surface area contributed by atoms with Crippen LogP contribution >= 0.6 is 11.3 Å². The van der Waals surface area contributed by atoms with Crippen molar-refractivity contribution in [3.63, 3.8) is 0 Å². The molecule has 0 unspecified atom stereocenters. The molecule has 0 bridgehead atoms. The average Bonchev–Trinajstić information content (AvgIpc) is 3.63. The summed E-state index contributed by atoms with van der Waals surface area (Å²) in [7, 11) is -2.37. The van der Waals surface area contributed by atoms with E-state index >= 15 is 0 Å². The maximum absolute atomic E-state index is 11.7. The fourth-order valence-corrected chi connectivity index (χ4v) is 15.9. The summed E-state index contributed by atoms with van der Waals surface area (Å²) in [6, 6.07) is 43.1. The first-order valence-electron chi connectivity index (χ1n) is 20.6. The van der Waals surface area contributed by atoms with E-state index in [-0.39, 0.29) is 54.3 Å². The number of aliphatic hydroxyl groups excluding tert-OH is 1. The molecule has 0 spiro atoms. The normalized spacial score (nSPS) is 12.5. The van der Waals surface area contributed by atoms with Crippen LogP contribution in [0.3, 0.4) is 0 Å². The minimum Gasteiger partial charge on any atom is -0.512 e. The van der Waals surface area contributed by atoms with Gasteiger partial charge in [-0.2, -0.15) is 11.3 Å². The van der Waals surface area contributed by atoms with Gasteiger partial charge in [0.15, 0.2) is 13.9 Å². The number of allylic oxidation sites excluding steroid dienone is 2. The Morgan fingerprint density at radius 1 is 0.772 bits per heavy atom. The molecule has 4 aromatic carbocycles. The molecule has 3 nitrogen and oxygen atoms in total. The van der Waals surface area contributed by atoms with E-state index in [0.29, 0.717) is 0 Å². The van der Waals surface area contributed by atoms with E-state index in [4.69, 9.17) is 4.98 Å². The number of aliphatic hydroxyl groups is 1. The predicted octanol–water partition coefficient (Wildman–Crippen LogP) is 12.6. The SMILES string of the molecule is CC(C)(C)C[Si](c1ccccc1)(c1ccccc1)c1cc2ccnc(-c3[c-]c4ccccc4c(C(C)(C)C)c3)c2s1.CCC(CC)C(=O)/C=C(\O)C(CC)CC.[Ir]. The quantitative estimate of drug-likeness (QED) is 0.0575. The maximum Gasteiger partial charge on any atom is 0.162 e. The van der Waals surface area contributed by atoms with Crippen LogP contribution in [0.4, 0.5) is 0 Å². The number of carbonyl (C=O) groups excluding carboxylic acids is 1. The third kappa shape index (κ3) is 10.7. The van der Waals surface area contributed by atoms with Gasteiger partial charge in [0.1, 0.15) is 0 Å². The number of thiophene rings is 1. The van der Waals surface area contributed by atoms with Gasteiger partial charge >= 0.3 is 0 Å². The number of nitrogens with zero attached hydrogens (tertiary/aromatic N) is 1. The summed E-state index contributed by atoms with van der Waals surface area (Å²) in [5.74, 6) is 0.547. The average molecular weight is 973 g/mol. The second-order valence-corrected chi connectivity index (χ2v) is 22.7. The first-order valence-corrected chi connectivity index (χ1v) is 23.6. The van der Waals surface area contributed by atoms with Crippen molar-refractivity contribution in [2.24, 2.45) is 17.3 Å². The fourth-order valence-electron chi connectivity index (χ4n) is 8.11. The summed E-state index contributed by atoms with van der Waals surface area (Å²) in [4.78, 5) is 16.7. The van der Waals surface area contributed by atoms with Crippen molar-refractivity contribution in [1.29, 1.82) is 0 Å². The maximum atomic E-state index is 11.7. The minimum absolute atomic E-state index is 0. The summed E-state index contributed by atoms with van der Waals surface area (Å²) in [5, 5.41) is 16.4. The van der Waals surface area contributed by atoms with Crippen LogP contribution in [0.15, 0.2) is 121 Å². The zero-order chi connectivity index (χ0) is 40.7. The molecular weight excluding hydrogens is 911 g/mol. The molecule has 6 rings (SSSR count). The van der Waals surface area contributed by atoms with E-state index in [0.717, 1.165) is 48.4 Å². The Kier molecular flexibility index (Phi) is 16.0. The summed E-state index contributed by atoms with van der Waals surface area (Å²) >= 11 is 1.95. The number of carbonyl (C=O) groups is 1. The molecule has 0 atom stereocenters. The second-order valence-electron chi connectivity index (χ2n) is 17.5. The monoisotopic (exact) mass is 973 g/mol. The van der Waals surface area contributed by atoms with Gasteiger partial charge in [-0.1, -0.05) is 159 Å². The van der Waals surface area contributed by atoms with Gasteiger partial charge in [-0.15, -0.1) is 29.1 Å². The van der Waals surface area contributed by atoms with Crippen molar-refractivity contribution in [3.8, 4) is 11.3 Å². The Morgan fingerprint density at radius 2 is 1.32 bits per heavy atom. The smallest absolute Gasteiger partial charge is 0.162 e. The molecule has 0 amide bonds. The first kappa shape index (κ1) is 46.0. The number of ketones is 1. The molecular formula is C51H62IrNO2SSi-. The summed E-state index contributed by atoms with van der Waals surface area (Å²) in [6.07, 6.45) is 6.88. The molecule has 0 fully saturated rings. The van der Waals surface area contributed by atoms with Crippen molar-refractivity contribution in [3.05, 3.63) is 133 Å². The van der Waals surface area contributed by atoms with E-state index in [1.165, 1.54) is 42.0 Å². The molecule has 2 heterocycles. The van der Waals surface area contributed by atoms with Crippen LogP contribution in [-0.4, -0.2) is 23.9 Å². The van der Waals surface area contributed by atoms with Crippen molar-refractivity contribution in [2.45, 2.75) is 106 Å². The van der Waals surface area contributed by atoms with Gasteiger partial charge in [0.05, 0.1) is 5.76 Å².